The summed E-state index contributed by atoms with van der Waals surface area (Å²) in [4.78, 5) is 35.1. The second-order valence-electron chi connectivity index (χ2n) is 13.0. The Bertz CT molecular complexity index is 1700. The van der Waals surface area contributed by atoms with Crippen molar-refractivity contribution in [1.82, 2.24) is 19.4 Å². The first kappa shape index (κ1) is 33.5. The van der Waals surface area contributed by atoms with Crippen molar-refractivity contribution in [3.05, 3.63) is 83.9 Å². The van der Waals surface area contributed by atoms with E-state index in [2.05, 4.69) is 68.6 Å². The Morgan fingerprint density at radius 1 is 0.979 bits per heavy atom. The first-order chi connectivity index (χ1) is 23.4. The Kier molecular flexibility index (Phi) is 10.6. The molecule has 0 saturated carbocycles. The summed E-state index contributed by atoms with van der Waals surface area (Å²) in [5, 5.41) is 6.56. The molecule has 1 aromatic heterocycles. The van der Waals surface area contributed by atoms with E-state index in [-0.39, 0.29) is 17.2 Å². The van der Waals surface area contributed by atoms with Crippen LogP contribution >= 0.6 is 0 Å². The van der Waals surface area contributed by atoms with Gasteiger partial charge in [0.05, 0.1) is 30.3 Å². The third-order valence-electron chi connectivity index (χ3n) is 9.92. The number of nitrogens with one attached hydrogen (secondary N) is 2. The number of benzene rings is 3. The number of hydrogen-bond donors (Lipinski definition) is 2. The van der Waals surface area contributed by atoms with Gasteiger partial charge in [0.1, 0.15) is 5.75 Å². The number of anilines is 2. The number of imidazole rings is 1. The number of rotatable bonds is 13. The van der Waals surface area contributed by atoms with Crippen molar-refractivity contribution in [1.29, 1.82) is 0 Å². The van der Waals surface area contributed by atoms with Crippen LogP contribution in [0.4, 0.5) is 11.6 Å². The zero-order chi connectivity index (χ0) is 33.5. The molecule has 0 radical (unpaired) electrons. The standard InChI is InChI=1S/C38H48N6O4/c1-4-48-25-24-44-34-13-9-8-12-33(34)41-37(44)40-30-16-20-42(21-17-30)22-18-38(29-10-6-5-7-11-29)19-23-43(27-38)36(46)32-26-31(39-28(2)45)14-15-35(32)47-3/h5-15,26,30H,4,16-25,27H2,1-3H3,(H,39,45)(H,40,41). The van der Waals surface area contributed by atoms with Crippen LogP contribution in [0.25, 0.3) is 11.0 Å². The Labute approximate surface area is 283 Å². The Hall–Kier alpha value is -4.41. The molecule has 2 fully saturated rings. The fourth-order valence-corrected chi connectivity index (χ4v) is 7.32. The predicted octanol–water partition coefficient (Wildman–Crippen LogP) is 5.79. The Morgan fingerprint density at radius 3 is 2.50 bits per heavy atom. The second kappa shape index (κ2) is 15.2. The van der Waals surface area contributed by atoms with Gasteiger partial charge in [0.15, 0.2) is 0 Å². The molecule has 0 spiro atoms. The van der Waals surface area contributed by atoms with E-state index in [9.17, 15) is 9.59 Å². The van der Waals surface area contributed by atoms with Crippen molar-refractivity contribution < 1.29 is 19.1 Å². The predicted molar refractivity (Wildman–Crippen MR) is 190 cm³/mol. The average molecular weight is 653 g/mol. The zero-order valence-electron chi connectivity index (χ0n) is 28.4. The SMILES string of the molecule is CCOCCn1c(NC2CCN(CCC3(c4ccccc4)CCN(C(=O)c4cc(NC(C)=O)ccc4OC)C3)CC2)nc2ccccc21. The highest BCUT2D eigenvalue weighted by atomic mass is 16.5. The van der Waals surface area contributed by atoms with Gasteiger partial charge in [-0.25, -0.2) is 4.98 Å². The molecular weight excluding hydrogens is 604 g/mol. The van der Waals surface area contributed by atoms with Gasteiger partial charge < -0.3 is 34.5 Å². The smallest absolute Gasteiger partial charge is 0.257 e. The summed E-state index contributed by atoms with van der Waals surface area (Å²) >= 11 is 0. The summed E-state index contributed by atoms with van der Waals surface area (Å²) in [6.07, 6.45) is 3.95. The van der Waals surface area contributed by atoms with Crippen molar-refractivity contribution in [2.45, 2.75) is 57.5 Å². The Balaban J connectivity index is 1.10. The number of amides is 2. The molecule has 1 atom stereocenters. The monoisotopic (exact) mass is 652 g/mol. The van der Waals surface area contributed by atoms with Gasteiger partial charge in [0, 0.05) is 63.4 Å². The van der Waals surface area contributed by atoms with Crippen LogP contribution in [0.15, 0.2) is 72.8 Å². The molecule has 10 nitrogen and oxygen atoms in total. The van der Waals surface area contributed by atoms with E-state index in [1.807, 2.05) is 17.9 Å². The summed E-state index contributed by atoms with van der Waals surface area (Å²) in [6, 6.07) is 24.5. The van der Waals surface area contributed by atoms with Crippen LogP contribution in [0.5, 0.6) is 5.75 Å². The first-order valence-electron chi connectivity index (χ1n) is 17.2. The van der Waals surface area contributed by atoms with E-state index in [0.717, 1.165) is 68.8 Å². The van der Waals surface area contributed by atoms with Crippen LogP contribution in [0, 0.1) is 0 Å². The average Bonchev–Trinajstić information content (AvgIpc) is 3.70. The first-order valence-corrected chi connectivity index (χ1v) is 17.2. The number of piperidine rings is 1. The highest BCUT2D eigenvalue weighted by molar-refractivity contribution is 5.99. The van der Waals surface area contributed by atoms with E-state index < -0.39 is 0 Å². The summed E-state index contributed by atoms with van der Waals surface area (Å²) in [5.41, 5.74) is 4.32. The molecule has 2 saturated heterocycles. The minimum absolute atomic E-state index is 0.0731. The number of fused-ring (bicyclic) bond motifs is 1. The molecule has 6 rings (SSSR count). The number of carbonyl (C=O) groups is 2. The van der Waals surface area contributed by atoms with Crippen LogP contribution in [-0.2, 0) is 21.5 Å². The van der Waals surface area contributed by atoms with Crippen LogP contribution < -0.4 is 15.4 Å². The minimum atomic E-state index is -0.181. The normalized spacial score (nSPS) is 18.7. The lowest BCUT2D eigenvalue weighted by Gasteiger charge is -2.36. The van der Waals surface area contributed by atoms with Gasteiger partial charge >= 0.3 is 0 Å². The van der Waals surface area contributed by atoms with E-state index in [1.165, 1.54) is 12.5 Å². The molecule has 2 amide bonds. The molecule has 48 heavy (non-hydrogen) atoms. The molecule has 3 heterocycles. The van der Waals surface area contributed by atoms with Crippen LogP contribution in [0.3, 0.4) is 0 Å². The van der Waals surface area contributed by atoms with Gasteiger partial charge in [0.25, 0.3) is 5.91 Å². The maximum Gasteiger partial charge on any atom is 0.257 e. The van der Waals surface area contributed by atoms with Crippen LogP contribution in [0.1, 0.15) is 55.5 Å². The number of carbonyl (C=O) groups excluding carboxylic acids is 2. The van der Waals surface area contributed by atoms with Gasteiger partial charge in [-0.15, -0.1) is 0 Å². The van der Waals surface area contributed by atoms with Gasteiger partial charge in [-0.2, -0.15) is 0 Å². The molecule has 4 aromatic rings. The molecule has 2 aliphatic rings. The lowest BCUT2D eigenvalue weighted by Crippen LogP contribution is -2.42. The van der Waals surface area contributed by atoms with E-state index in [4.69, 9.17) is 14.5 Å². The second-order valence-corrected chi connectivity index (χ2v) is 13.0. The third-order valence-corrected chi connectivity index (χ3v) is 9.92. The number of hydrogen-bond acceptors (Lipinski definition) is 7. The molecule has 0 bridgehead atoms. The fraction of sp³-hybridized carbons (Fsp3) is 0.447. The number of nitrogens with zero attached hydrogens (tertiary/aromatic N) is 4. The number of ether oxygens (including phenoxy) is 2. The number of methoxy groups -OCH3 is 1. The van der Waals surface area contributed by atoms with Gasteiger partial charge in [-0.05, 0) is 75.0 Å². The van der Waals surface area contributed by atoms with Crippen LogP contribution in [0.2, 0.25) is 0 Å². The van der Waals surface area contributed by atoms with Crippen LogP contribution in [-0.4, -0.2) is 90.3 Å². The largest absolute Gasteiger partial charge is 0.496 e. The molecule has 10 heteroatoms. The van der Waals surface area contributed by atoms with E-state index in [1.54, 1.807) is 25.3 Å². The van der Waals surface area contributed by atoms with Crippen molar-refractivity contribution in [2.24, 2.45) is 0 Å². The molecule has 0 aliphatic carbocycles. The minimum Gasteiger partial charge on any atom is -0.496 e. The fourth-order valence-electron chi connectivity index (χ4n) is 7.32. The zero-order valence-corrected chi connectivity index (χ0v) is 28.4. The van der Waals surface area contributed by atoms with Crippen molar-refractivity contribution in [3.8, 4) is 5.75 Å². The highest BCUT2D eigenvalue weighted by Gasteiger charge is 2.42. The molecule has 3 aromatic carbocycles. The quantitative estimate of drug-likeness (QED) is 0.176. The lowest BCUT2D eigenvalue weighted by atomic mass is 9.76. The molecule has 2 N–H and O–H groups in total. The topological polar surface area (TPSA) is 101 Å². The highest BCUT2D eigenvalue weighted by Crippen LogP contribution is 2.39. The van der Waals surface area contributed by atoms with Crippen molar-refractivity contribution in [3.63, 3.8) is 0 Å². The van der Waals surface area contributed by atoms with Crippen molar-refractivity contribution >= 4 is 34.5 Å². The molecule has 1 unspecified atom stereocenters. The van der Waals surface area contributed by atoms with Gasteiger partial charge in [-0.1, -0.05) is 42.5 Å². The molecule has 254 valence electrons. The summed E-state index contributed by atoms with van der Waals surface area (Å²) in [5.74, 6) is 1.18. The number of likely N-dealkylation sites (tertiary alicyclic amines) is 2. The lowest BCUT2D eigenvalue weighted by molar-refractivity contribution is -0.114. The number of aromatic nitrogens is 2. The maximum absolute atomic E-state index is 13.9. The Morgan fingerprint density at radius 2 is 1.75 bits per heavy atom. The van der Waals surface area contributed by atoms with Gasteiger partial charge in [-0.3, -0.25) is 9.59 Å². The van der Waals surface area contributed by atoms with E-state index >= 15 is 0 Å². The summed E-state index contributed by atoms with van der Waals surface area (Å²) < 4.78 is 13.5. The summed E-state index contributed by atoms with van der Waals surface area (Å²) in [7, 11) is 1.57. The third kappa shape index (κ3) is 7.50. The molecular formula is C38H48N6O4. The number of para-hydroxylation sites is 2. The summed E-state index contributed by atoms with van der Waals surface area (Å²) in [6.45, 7) is 9.91. The van der Waals surface area contributed by atoms with E-state index in [0.29, 0.717) is 49.3 Å². The van der Waals surface area contributed by atoms with Crippen molar-refractivity contribution in [2.75, 3.05) is 63.7 Å². The molecule has 2 aliphatic heterocycles. The van der Waals surface area contributed by atoms with Gasteiger partial charge in [0.2, 0.25) is 11.9 Å². The maximum atomic E-state index is 13.9.